The first kappa shape index (κ1) is 15.0. The lowest BCUT2D eigenvalue weighted by Gasteiger charge is -2.19. The Morgan fingerprint density at radius 3 is 2.17 bits per heavy atom. The van der Waals surface area contributed by atoms with Crippen molar-refractivity contribution in [3.8, 4) is 0 Å². The largest absolute Gasteiger partial charge is 0.481 e. The second-order valence-corrected chi connectivity index (χ2v) is 6.59. The Morgan fingerprint density at radius 2 is 1.83 bits per heavy atom. The summed E-state index contributed by atoms with van der Waals surface area (Å²) in [7, 11) is 0. The van der Waals surface area contributed by atoms with E-state index in [1.807, 2.05) is 13.8 Å². The highest BCUT2D eigenvalue weighted by Gasteiger charge is 2.61. The summed E-state index contributed by atoms with van der Waals surface area (Å²) in [5.41, 5.74) is -0.982. The van der Waals surface area contributed by atoms with Crippen molar-refractivity contribution in [1.29, 1.82) is 0 Å². The molecule has 0 aromatic carbocycles. The zero-order valence-corrected chi connectivity index (χ0v) is 12.0. The van der Waals surface area contributed by atoms with Gasteiger partial charge in [0.2, 0.25) is 0 Å². The predicted molar refractivity (Wildman–Crippen MR) is 68.2 cm³/mol. The number of rotatable bonds is 3. The Kier molecular flexibility index (Phi) is 3.82. The van der Waals surface area contributed by atoms with Crippen molar-refractivity contribution in [1.82, 2.24) is 0 Å². The average Bonchev–Trinajstić information content (AvgIpc) is 2.64. The zero-order valence-electron chi connectivity index (χ0n) is 11.3. The van der Waals surface area contributed by atoms with Gasteiger partial charge in [-0.1, -0.05) is 31.5 Å². The van der Waals surface area contributed by atoms with Crippen molar-refractivity contribution in [3.05, 3.63) is 11.1 Å². The van der Waals surface area contributed by atoms with Crippen LogP contribution in [0, 0.1) is 17.3 Å². The van der Waals surface area contributed by atoms with Gasteiger partial charge in [-0.25, -0.2) is 4.79 Å². The van der Waals surface area contributed by atoms with E-state index in [9.17, 15) is 9.59 Å². The standard InChI is InChI=1S/C13H19ClO4/c1-12(2,3)18-11(17)8(14)6-7-9(10(15)16)13(7,4)5/h6-7,9H,1-5H3,(H,15,16)/b8-6-/t7-,9-/m0/s1. The van der Waals surface area contributed by atoms with Crippen molar-refractivity contribution < 1.29 is 19.4 Å². The molecule has 0 aromatic rings. The number of carbonyl (C=O) groups excluding carboxylic acids is 1. The number of hydrogen-bond acceptors (Lipinski definition) is 3. The Balaban J connectivity index is 2.74. The van der Waals surface area contributed by atoms with Crippen LogP contribution in [0.1, 0.15) is 34.6 Å². The van der Waals surface area contributed by atoms with Gasteiger partial charge < -0.3 is 9.84 Å². The van der Waals surface area contributed by atoms with Gasteiger partial charge in [0, 0.05) is 0 Å². The van der Waals surface area contributed by atoms with Crippen molar-refractivity contribution in [2.24, 2.45) is 17.3 Å². The summed E-state index contributed by atoms with van der Waals surface area (Å²) < 4.78 is 5.11. The molecule has 0 heterocycles. The molecule has 4 nitrogen and oxygen atoms in total. The number of hydrogen-bond donors (Lipinski definition) is 1. The molecular formula is C13H19ClO4. The van der Waals surface area contributed by atoms with E-state index in [-0.39, 0.29) is 16.4 Å². The summed E-state index contributed by atoms with van der Waals surface area (Å²) >= 11 is 5.86. The van der Waals surface area contributed by atoms with Crippen LogP contribution in [0.4, 0.5) is 0 Å². The first-order valence-corrected chi connectivity index (χ1v) is 6.18. The van der Waals surface area contributed by atoms with Crippen molar-refractivity contribution in [2.45, 2.75) is 40.2 Å². The lowest BCUT2D eigenvalue weighted by Crippen LogP contribution is -2.24. The van der Waals surface area contributed by atoms with Gasteiger partial charge in [-0.2, -0.15) is 0 Å². The highest BCUT2D eigenvalue weighted by molar-refractivity contribution is 6.41. The van der Waals surface area contributed by atoms with E-state index in [1.54, 1.807) is 20.8 Å². The van der Waals surface area contributed by atoms with Gasteiger partial charge in [0.25, 0.3) is 0 Å². The normalized spacial score (nSPS) is 26.7. The maximum atomic E-state index is 11.6. The van der Waals surface area contributed by atoms with Gasteiger partial charge in [0.1, 0.15) is 10.6 Å². The molecular weight excluding hydrogens is 256 g/mol. The molecule has 1 N–H and O–H groups in total. The van der Waals surface area contributed by atoms with Crippen LogP contribution in [0.25, 0.3) is 0 Å². The average molecular weight is 275 g/mol. The molecule has 0 amide bonds. The van der Waals surface area contributed by atoms with Gasteiger partial charge >= 0.3 is 11.9 Å². The van der Waals surface area contributed by atoms with E-state index >= 15 is 0 Å². The molecule has 0 aliphatic heterocycles. The minimum Gasteiger partial charge on any atom is -0.481 e. The molecule has 5 heteroatoms. The third-order valence-electron chi connectivity index (χ3n) is 3.10. The molecule has 1 rings (SSSR count). The molecule has 2 atom stereocenters. The number of halogens is 1. The quantitative estimate of drug-likeness (QED) is 0.635. The Hall–Kier alpha value is -1.03. The molecule has 0 aromatic heterocycles. The third kappa shape index (κ3) is 3.25. The van der Waals surface area contributed by atoms with Crippen molar-refractivity contribution in [2.75, 3.05) is 0 Å². The number of carboxylic acids is 1. The fourth-order valence-corrected chi connectivity index (χ4v) is 2.19. The maximum Gasteiger partial charge on any atom is 0.349 e. The number of allylic oxidation sites excluding steroid dienone is 1. The monoisotopic (exact) mass is 274 g/mol. The summed E-state index contributed by atoms with van der Waals surface area (Å²) in [6.07, 6.45) is 1.49. The second kappa shape index (κ2) is 4.57. The Morgan fingerprint density at radius 1 is 1.33 bits per heavy atom. The molecule has 1 aliphatic carbocycles. The zero-order chi connectivity index (χ0) is 14.3. The van der Waals surface area contributed by atoms with Gasteiger partial charge in [-0.3, -0.25) is 4.79 Å². The summed E-state index contributed by atoms with van der Waals surface area (Å²) in [6, 6.07) is 0. The molecule has 0 unspecified atom stereocenters. The van der Waals surface area contributed by atoms with Gasteiger partial charge in [-0.15, -0.1) is 0 Å². The number of esters is 1. The number of carbonyl (C=O) groups is 2. The van der Waals surface area contributed by atoms with Gasteiger partial charge in [0.15, 0.2) is 0 Å². The van der Waals surface area contributed by atoms with E-state index in [2.05, 4.69) is 0 Å². The van der Waals surface area contributed by atoms with Crippen molar-refractivity contribution >= 4 is 23.5 Å². The minimum absolute atomic E-state index is 0.0493. The molecule has 0 spiro atoms. The lowest BCUT2D eigenvalue weighted by atomic mass is 10.1. The summed E-state index contributed by atoms with van der Waals surface area (Å²) in [5.74, 6) is -2.20. The Labute approximate surface area is 112 Å². The van der Waals surface area contributed by atoms with Crippen LogP contribution in [-0.2, 0) is 14.3 Å². The van der Waals surface area contributed by atoms with Crippen LogP contribution in [0.15, 0.2) is 11.1 Å². The smallest absolute Gasteiger partial charge is 0.349 e. The van der Waals surface area contributed by atoms with Gasteiger partial charge in [0.05, 0.1) is 5.92 Å². The number of ether oxygens (including phenoxy) is 1. The fraction of sp³-hybridized carbons (Fsp3) is 0.692. The molecule has 1 aliphatic rings. The van der Waals surface area contributed by atoms with Gasteiger partial charge in [-0.05, 0) is 32.1 Å². The first-order valence-electron chi connectivity index (χ1n) is 5.80. The minimum atomic E-state index is -0.866. The molecule has 0 bridgehead atoms. The maximum absolute atomic E-state index is 11.6. The van der Waals surface area contributed by atoms with Crippen LogP contribution >= 0.6 is 11.6 Å². The molecule has 0 radical (unpaired) electrons. The highest BCUT2D eigenvalue weighted by Crippen LogP contribution is 2.59. The topological polar surface area (TPSA) is 63.6 Å². The fourth-order valence-electron chi connectivity index (χ4n) is 2.01. The van der Waals surface area contributed by atoms with Crippen LogP contribution in [-0.4, -0.2) is 22.6 Å². The van der Waals surface area contributed by atoms with Crippen LogP contribution in [0.3, 0.4) is 0 Å². The van der Waals surface area contributed by atoms with E-state index in [4.69, 9.17) is 21.4 Å². The molecule has 102 valence electrons. The second-order valence-electron chi connectivity index (χ2n) is 6.18. The van der Waals surface area contributed by atoms with Crippen LogP contribution in [0.5, 0.6) is 0 Å². The van der Waals surface area contributed by atoms with E-state index in [1.165, 1.54) is 6.08 Å². The molecule has 0 saturated heterocycles. The molecule has 1 fully saturated rings. The SMILES string of the molecule is CC(C)(C)OC(=O)/C(Cl)=C/[C@H]1[C@@H](C(=O)O)C1(C)C. The third-order valence-corrected chi connectivity index (χ3v) is 3.38. The number of aliphatic carboxylic acids is 1. The Bertz CT molecular complexity index is 404. The summed E-state index contributed by atoms with van der Waals surface area (Å²) in [4.78, 5) is 22.6. The summed E-state index contributed by atoms with van der Waals surface area (Å²) in [6.45, 7) is 8.92. The van der Waals surface area contributed by atoms with E-state index in [0.717, 1.165) is 0 Å². The molecule has 18 heavy (non-hydrogen) atoms. The predicted octanol–water partition coefficient (Wildman–Crippen LogP) is 2.81. The highest BCUT2D eigenvalue weighted by atomic mass is 35.5. The van der Waals surface area contributed by atoms with Crippen LogP contribution in [0.2, 0.25) is 0 Å². The van der Waals surface area contributed by atoms with E-state index < -0.39 is 23.5 Å². The van der Waals surface area contributed by atoms with Crippen molar-refractivity contribution in [3.63, 3.8) is 0 Å². The molecule has 1 saturated carbocycles. The summed E-state index contributed by atoms with van der Waals surface area (Å²) in [5, 5.41) is 8.96. The van der Waals surface area contributed by atoms with E-state index in [0.29, 0.717) is 0 Å². The lowest BCUT2D eigenvalue weighted by molar-refractivity contribution is -0.149. The first-order chi connectivity index (χ1) is 7.97. The van der Waals surface area contributed by atoms with Crippen LogP contribution < -0.4 is 0 Å². The number of carboxylic acid groups (broad SMARTS) is 1.